The Labute approximate surface area is 278 Å². The van der Waals surface area contributed by atoms with Crippen LogP contribution >= 0.6 is 0 Å². The van der Waals surface area contributed by atoms with Gasteiger partial charge in [0.2, 0.25) is 5.91 Å². The van der Waals surface area contributed by atoms with Crippen LogP contribution in [0.5, 0.6) is 0 Å². The Bertz CT molecular complexity index is 1540. The Morgan fingerprint density at radius 1 is 0.915 bits per heavy atom. The van der Waals surface area contributed by atoms with E-state index in [0.717, 1.165) is 105 Å². The number of hydrogen-bond acceptors (Lipinski definition) is 4. The minimum absolute atomic E-state index is 0.323. The van der Waals surface area contributed by atoms with E-state index >= 15 is 0 Å². The number of hydrogen-bond donors (Lipinski definition) is 2. The zero-order valence-corrected chi connectivity index (χ0v) is 27.6. The van der Waals surface area contributed by atoms with Gasteiger partial charge in [-0.05, 0) is 98.6 Å². The first kappa shape index (κ1) is 34.4. The fourth-order valence-electron chi connectivity index (χ4n) is 7.19. The van der Waals surface area contributed by atoms with Crippen molar-refractivity contribution < 1.29 is 18.4 Å². The van der Waals surface area contributed by atoms with Crippen LogP contribution in [0.15, 0.2) is 91.0 Å². The second-order valence-electron chi connectivity index (χ2n) is 13.0. The molecular formula is C40H47F2N3O2. The second-order valence-corrected chi connectivity index (χ2v) is 13.0. The SMILES string of the molecule is CNC1CCN(CCCCC2(C(=O)NCC(C)(F)F)c3ccccc3-c3ccccc32)CC1.O=Cc1ccccc1C1=CCCC=C1. The summed E-state index contributed by atoms with van der Waals surface area (Å²) in [6.45, 7) is 3.37. The third kappa shape index (κ3) is 8.14. The number of aldehydes is 1. The maximum absolute atomic E-state index is 13.6. The molecule has 0 aromatic heterocycles. The highest BCUT2D eigenvalue weighted by Crippen LogP contribution is 2.51. The molecule has 6 rings (SSSR count). The van der Waals surface area contributed by atoms with Crippen LogP contribution in [0, 0.1) is 0 Å². The van der Waals surface area contributed by atoms with Gasteiger partial charge in [0, 0.05) is 18.5 Å². The van der Waals surface area contributed by atoms with Crippen LogP contribution in [0.4, 0.5) is 8.78 Å². The summed E-state index contributed by atoms with van der Waals surface area (Å²) in [6, 6.07) is 24.2. The van der Waals surface area contributed by atoms with Gasteiger partial charge < -0.3 is 15.5 Å². The predicted molar refractivity (Wildman–Crippen MR) is 187 cm³/mol. The van der Waals surface area contributed by atoms with Crippen LogP contribution < -0.4 is 10.6 Å². The minimum atomic E-state index is -2.95. The van der Waals surface area contributed by atoms with E-state index < -0.39 is 17.9 Å². The summed E-state index contributed by atoms with van der Waals surface area (Å²) >= 11 is 0. The van der Waals surface area contributed by atoms with Gasteiger partial charge >= 0.3 is 0 Å². The number of nitrogens with zero attached hydrogens (tertiary/aromatic N) is 1. The first-order chi connectivity index (χ1) is 22.8. The molecule has 1 aliphatic heterocycles. The maximum Gasteiger partial charge on any atom is 0.262 e. The van der Waals surface area contributed by atoms with Gasteiger partial charge in [-0.15, -0.1) is 0 Å². The molecule has 1 saturated heterocycles. The van der Waals surface area contributed by atoms with E-state index in [1.54, 1.807) is 0 Å². The van der Waals surface area contributed by atoms with Crippen molar-refractivity contribution in [1.82, 2.24) is 15.5 Å². The number of alkyl halides is 2. The number of nitrogens with one attached hydrogen (secondary N) is 2. The largest absolute Gasteiger partial charge is 0.349 e. The molecule has 7 heteroatoms. The summed E-state index contributed by atoms with van der Waals surface area (Å²) in [6.07, 6.45) is 14.3. The number of carbonyl (C=O) groups excluding carboxylic acids is 2. The Hall–Kier alpha value is -3.94. The van der Waals surface area contributed by atoms with Crippen LogP contribution in [0.1, 0.15) is 78.9 Å². The zero-order valence-electron chi connectivity index (χ0n) is 27.6. The molecule has 3 aliphatic rings. The van der Waals surface area contributed by atoms with E-state index in [-0.39, 0.29) is 5.91 Å². The van der Waals surface area contributed by atoms with Crippen molar-refractivity contribution in [2.24, 2.45) is 0 Å². The highest BCUT2D eigenvalue weighted by Gasteiger charge is 2.48. The Kier molecular flexibility index (Phi) is 11.5. The van der Waals surface area contributed by atoms with E-state index in [4.69, 9.17) is 0 Å². The van der Waals surface area contributed by atoms with Crippen molar-refractivity contribution in [1.29, 1.82) is 0 Å². The number of halogens is 2. The van der Waals surface area contributed by atoms with Crippen LogP contribution in [-0.4, -0.2) is 62.3 Å². The Balaban J connectivity index is 0.000000257. The van der Waals surface area contributed by atoms with E-state index in [2.05, 4.69) is 33.8 Å². The number of piperidine rings is 1. The van der Waals surface area contributed by atoms with E-state index in [0.29, 0.717) is 12.5 Å². The number of carbonyl (C=O) groups is 2. The Morgan fingerprint density at radius 2 is 1.53 bits per heavy atom. The Morgan fingerprint density at radius 3 is 2.11 bits per heavy atom. The van der Waals surface area contributed by atoms with Gasteiger partial charge in [0.15, 0.2) is 6.29 Å². The summed E-state index contributed by atoms with van der Waals surface area (Å²) in [5.41, 5.74) is 5.96. The van der Waals surface area contributed by atoms with Gasteiger partial charge in [0.05, 0.1) is 6.54 Å². The molecule has 2 N–H and O–H groups in total. The highest BCUT2D eigenvalue weighted by atomic mass is 19.3. The number of fused-ring (bicyclic) bond motifs is 3. The van der Waals surface area contributed by atoms with Crippen molar-refractivity contribution in [2.75, 3.05) is 33.2 Å². The van der Waals surface area contributed by atoms with Crippen molar-refractivity contribution >= 4 is 17.8 Å². The molecule has 0 spiro atoms. The molecule has 1 fully saturated rings. The number of benzene rings is 3. The van der Waals surface area contributed by atoms with Gasteiger partial charge in [-0.3, -0.25) is 9.59 Å². The summed E-state index contributed by atoms with van der Waals surface area (Å²) in [7, 11) is 2.02. The smallest absolute Gasteiger partial charge is 0.262 e. The molecule has 0 unspecified atom stereocenters. The molecule has 3 aromatic carbocycles. The van der Waals surface area contributed by atoms with Gasteiger partial charge in [0.25, 0.3) is 5.92 Å². The lowest BCUT2D eigenvalue weighted by Crippen LogP contribution is -2.47. The highest BCUT2D eigenvalue weighted by molar-refractivity contribution is 6.00. The molecule has 5 nitrogen and oxygen atoms in total. The monoisotopic (exact) mass is 639 g/mol. The summed E-state index contributed by atoms with van der Waals surface area (Å²) in [4.78, 5) is 27.0. The molecule has 0 saturated carbocycles. The van der Waals surface area contributed by atoms with E-state index in [9.17, 15) is 18.4 Å². The lowest BCUT2D eigenvalue weighted by molar-refractivity contribution is -0.127. The topological polar surface area (TPSA) is 61.4 Å². The standard InChI is InChI=1S/C27H35F2N3O.C13H12O/c1-26(28,29)19-31-25(33)27(15-7-8-16-32-17-13-20(30-2)14-18-32)23-11-5-3-9-21(23)22-10-4-6-12-24(22)27;14-10-12-8-4-5-9-13(12)11-6-2-1-3-7-11/h3-6,9-12,20,30H,7-8,13-19H2,1-2H3,(H,31,33);2,4-10H,1,3H2. The normalized spacial score (nSPS) is 17.1. The molecule has 0 radical (unpaired) electrons. The zero-order chi connectivity index (χ0) is 33.3. The van der Waals surface area contributed by atoms with Gasteiger partial charge in [-0.2, -0.15) is 0 Å². The van der Waals surface area contributed by atoms with Crippen LogP contribution in [0.2, 0.25) is 0 Å². The number of allylic oxidation sites excluding steroid dienone is 4. The van der Waals surface area contributed by atoms with Crippen molar-refractivity contribution in [3.8, 4) is 11.1 Å². The summed E-state index contributed by atoms with van der Waals surface area (Å²) in [5.74, 6) is -3.27. The van der Waals surface area contributed by atoms with Crippen molar-refractivity contribution in [2.45, 2.75) is 69.2 Å². The second kappa shape index (κ2) is 15.8. The maximum atomic E-state index is 13.6. The van der Waals surface area contributed by atoms with E-state index in [1.165, 1.54) is 5.57 Å². The van der Waals surface area contributed by atoms with Gasteiger partial charge in [-0.25, -0.2) is 8.78 Å². The molecular weight excluding hydrogens is 592 g/mol. The average Bonchev–Trinajstić information content (AvgIpc) is 3.40. The molecule has 0 atom stereocenters. The number of rotatable bonds is 11. The molecule has 0 bridgehead atoms. The third-order valence-electron chi connectivity index (χ3n) is 9.68. The quantitative estimate of drug-likeness (QED) is 0.166. The molecule has 47 heavy (non-hydrogen) atoms. The first-order valence-electron chi connectivity index (χ1n) is 16.9. The third-order valence-corrected chi connectivity index (χ3v) is 9.68. The average molecular weight is 640 g/mol. The predicted octanol–water partition coefficient (Wildman–Crippen LogP) is 7.81. The first-order valence-corrected chi connectivity index (χ1v) is 16.9. The number of amides is 1. The van der Waals surface area contributed by atoms with Crippen molar-refractivity contribution in [3.05, 3.63) is 113 Å². The number of likely N-dealkylation sites (tertiary alicyclic amines) is 1. The number of unbranched alkanes of at least 4 members (excludes halogenated alkanes) is 1. The lowest BCUT2D eigenvalue weighted by atomic mass is 9.73. The van der Waals surface area contributed by atoms with Crippen LogP contribution in [0.25, 0.3) is 16.7 Å². The van der Waals surface area contributed by atoms with Crippen LogP contribution in [-0.2, 0) is 10.2 Å². The molecule has 2 aliphatic carbocycles. The summed E-state index contributed by atoms with van der Waals surface area (Å²) < 4.78 is 27.3. The minimum Gasteiger partial charge on any atom is -0.349 e. The summed E-state index contributed by atoms with van der Waals surface area (Å²) in [5, 5.41) is 5.95. The fraction of sp³-hybridized carbons (Fsp3) is 0.400. The van der Waals surface area contributed by atoms with E-state index in [1.807, 2.05) is 79.8 Å². The van der Waals surface area contributed by atoms with Crippen LogP contribution in [0.3, 0.4) is 0 Å². The van der Waals surface area contributed by atoms with Gasteiger partial charge in [-0.1, -0.05) is 97.4 Å². The molecule has 1 amide bonds. The lowest BCUT2D eigenvalue weighted by Gasteiger charge is -2.33. The molecule has 3 aromatic rings. The molecule has 1 heterocycles. The van der Waals surface area contributed by atoms with Gasteiger partial charge in [0.1, 0.15) is 5.41 Å². The molecule has 248 valence electrons. The van der Waals surface area contributed by atoms with Crippen molar-refractivity contribution in [3.63, 3.8) is 0 Å². The fourth-order valence-corrected chi connectivity index (χ4v) is 7.19.